The molecular formula is C23H19BrN2OS. The Balaban J connectivity index is 1.84. The van der Waals surface area contributed by atoms with Gasteiger partial charge in [0.15, 0.2) is 5.78 Å². The molecule has 1 aromatic rings. The van der Waals surface area contributed by atoms with Crippen molar-refractivity contribution in [2.24, 2.45) is 16.1 Å². The minimum absolute atomic E-state index is 0.0862. The van der Waals surface area contributed by atoms with E-state index in [2.05, 4.69) is 50.5 Å². The summed E-state index contributed by atoms with van der Waals surface area (Å²) < 4.78 is 1.01. The maximum Gasteiger partial charge on any atom is 0.184 e. The summed E-state index contributed by atoms with van der Waals surface area (Å²) >= 11 is 5.25. The molecule has 0 bridgehead atoms. The molecular weight excluding hydrogens is 432 g/mol. The van der Waals surface area contributed by atoms with Crippen molar-refractivity contribution in [2.45, 2.75) is 13.8 Å². The van der Waals surface area contributed by atoms with Crippen LogP contribution in [0.1, 0.15) is 13.8 Å². The van der Waals surface area contributed by atoms with Gasteiger partial charge in [0.2, 0.25) is 0 Å². The second kappa shape index (κ2) is 8.02. The van der Waals surface area contributed by atoms with Crippen LogP contribution in [0.15, 0.2) is 108 Å². The predicted octanol–water partition coefficient (Wildman–Crippen LogP) is 7.01. The van der Waals surface area contributed by atoms with Gasteiger partial charge < -0.3 is 0 Å². The van der Waals surface area contributed by atoms with Crippen LogP contribution in [0.4, 0.5) is 5.69 Å². The van der Waals surface area contributed by atoms with Crippen molar-refractivity contribution < 1.29 is 4.79 Å². The zero-order valence-corrected chi connectivity index (χ0v) is 18.0. The van der Waals surface area contributed by atoms with Gasteiger partial charge in [0, 0.05) is 26.6 Å². The fourth-order valence-corrected chi connectivity index (χ4v) is 4.96. The normalized spacial score (nSPS) is 21.3. The monoisotopic (exact) mass is 450 g/mol. The van der Waals surface area contributed by atoms with Crippen molar-refractivity contribution in [1.82, 2.24) is 0 Å². The lowest BCUT2D eigenvalue weighted by Crippen LogP contribution is -2.07. The van der Waals surface area contributed by atoms with Crippen LogP contribution in [-0.4, -0.2) is 11.5 Å². The van der Waals surface area contributed by atoms with Crippen molar-refractivity contribution in [2.75, 3.05) is 5.75 Å². The molecule has 1 aliphatic heterocycles. The van der Waals surface area contributed by atoms with Crippen LogP contribution in [0.25, 0.3) is 0 Å². The van der Waals surface area contributed by atoms with Crippen molar-refractivity contribution in [3.8, 4) is 0 Å². The van der Waals surface area contributed by atoms with Gasteiger partial charge in [-0.2, -0.15) is 5.11 Å². The average Bonchev–Trinajstić information content (AvgIpc) is 3.12. The van der Waals surface area contributed by atoms with Gasteiger partial charge >= 0.3 is 0 Å². The van der Waals surface area contributed by atoms with Gasteiger partial charge in [-0.3, -0.25) is 4.79 Å². The SMILES string of the molecule is CC1=CC(=C(N=Nc2ccc(Br)cc2)C2=C3C=CC=CC3CS2)C=C(C)C1=O. The highest BCUT2D eigenvalue weighted by atomic mass is 79.9. The zero-order valence-electron chi connectivity index (χ0n) is 15.6. The summed E-state index contributed by atoms with van der Waals surface area (Å²) in [5, 5.41) is 9.15. The van der Waals surface area contributed by atoms with E-state index in [0.29, 0.717) is 5.92 Å². The number of Topliss-reactive ketones (excluding diaryl/α,β-unsaturated/α-hetero) is 1. The highest BCUT2D eigenvalue weighted by Gasteiger charge is 2.28. The number of rotatable bonds is 3. The Morgan fingerprint density at radius 2 is 1.82 bits per heavy atom. The topological polar surface area (TPSA) is 41.8 Å². The fraction of sp³-hybridized carbons (Fsp3) is 0.174. The van der Waals surface area contributed by atoms with Gasteiger partial charge in [-0.05, 0) is 67.0 Å². The summed E-state index contributed by atoms with van der Waals surface area (Å²) in [5.74, 6) is 1.49. The van der Waals surface area contributed by atoms with Crippen LogP contribution >= 0.6 is 27.7 Å². The number of ketones is 1. The first kappa shape index (κ1) is 19.1. The van der Waals surface area contributed by atoms with Crippen molar-refractivity contribution in [3.63, 3.8) is 0 Å². The van der Waals surface area contributed by atoms with Crippen LogP contribution in [0, 0.1) is 5.92 Å². The van der Waals surface area contributed by atoms with E-state index in [1.54, 1.807) is 11.8 Å². The summed E-state index contributed by atoms with van der Waals surface area (Å²) in [6.45, 7) is 3.71. The summed E-state index contributed by atoms with van der Waals surface area (Å²) in [7, 11) is 0. The first-order valence-corrected chi connectivity index (χ1v) is 10.9. The van der Waals surface area contributed by atoms with Crippen molar-refractivity contribution in [3.05, 3.63) is 98.1 Å². The fourth-order valence-electron chi connectivity index (χ4n) is 3.37. The first-order chi connectivity index (χ1) is 13.5. The molecule has 0 amide bonds. The Bertz CT molecular complexity index is 1030. The lowest BCUT2D eigenvalue weighted by atomic mass is 9.92. The Kier molecular flexibility index (Phi) is 5.47. The number of thioether (sulfide) groups is 1. The van der Waals surface area contributed by atoms with E-state index in [-0.39, 0.29) is 5.78 Å². The third kappa shape index (κ3) is 3.82. The smallest absolute Gasteiger partial charge is 0.184 e. The summed E-state index contributed by atoms with van der Waals surface area (Å²) in [6.07, 6.45) is 12.4. The molecule has 28 heavy (non-hydrogen) atoms. The number of carbonyl (C=O) groups is 1. The molecule has 0 fully saturated rings. The summed E-state index contributed by atoms with van der Waals surface area (Å²) in [4.78, 5) is 13.3. The Hall–Kier alpha value is -2.24. The molecule has 2 aliphatic carbocycles. The second-order valence-corrected chi connectivity index (χ2v) is 8.86. The number of azo groups is 1. The molecule has 0 radical (unpaired) electrons. The molecule has 0 saturated carbocycles. The van der Waals surface area contributed by atoms with Crippen LogP contribution < -0.4 is 0 Å². The van der Waals surface area contributed by atoms with Gasteiger partial charge in [0.1, 0.15) is 5.70 Å². The van der Waals surface area contributed by atoms with Crippen LogP contribution in [0.3, 0.4) is 0 Å². The average molecular weight is 451 g/mol. The maximum atomic E-state index is 12.2. The summed E-state index contributed by atoms with van der Waals surface area (Å²) in [6, 6.07) is 7.75. The molecule has 140 valence electrons. The third-order valence-corrected chi connectivity index (χ3v) is 6.61. The number of hydrogen-bond acceptors (Lipinski definition) is 4. The van der Waals surface area contributed by atoms with E-state index in [1.807, 2.05) is 50.3 Å². The van der Waals surface area contributed by atoms with E-state index >= 15 is 0 Å². The Morgan fingerprint density at radius 1 is 1.11 bits per heavy atom. The van der Waals surface area contributed by atoms with E-state index in [9.17, 15) is 4.79 Å². The quantitative estimate of drug-likeness (QED) is 0.464. The largest absolute Gasteiger partial charge is 0.289 e. The number of halogens is 1. The molecule has 0 N–H and O–H groups in total. The minimum atomic E-state index is 0.0862. The van der Waals surface area contributed by atoms with Crippen LogP contribution in [0.5, 0.6) is 0 Å². The first-order valence-electron chi connectivity index (χ1n) is 9.08. The summed E-state index contributed by atoms with van der Waals surface area (Å²) in [5.41, 5.74) is 5.30. The minimum Gasteiger partial charge on any atom is -0.289 e. The molecule has 1 unspecified atom stereocenters. The predicted molar refractivity (Wildman–Crippen MR) is 119 cm³/mol. The number of hydrogen-bond donors (Lipinski definition) is 0. The van der Waals surface area contributed by atoms with Gasteiger partial charge in [-0.25, -0.2) is 0 Å². The molecule has 4 rings (SSSR count). The van der Waals surface area contributed by atoms with Gasteiger partial charge in [-0.15, -0.1) is 16.9 Å². The highest BCUT2D eigenvalue weighted by molar-refractivity contribution is 9.10. The number of nitrogens with zero attached hydrogens (tertiary/aromatic N) is 2. The number of carbonyl (C=O) groups excluding carboxylic acids is 1. The number of benzene rings is 1. The molecule has 0 spiro atoms. The van der Waals surface area contributed by atoms with Crippen molar-refractivity contribution >= 4 is 39.2 Å². The standard InChI is InChI=1S/C23H19BrN2OS/c1-14-11-17(12-15(2)22(14)27)21(26-25-19-9-7-18(24)8-10-19)23-20-6-4-3-5-16(20)13-28-23/h3-12,16H,13H2,1-2H3. The van der Waals surface area contributed by atoms with Gasteiger partial charge in [0.05, 0.1) is 5.69 Å². The molecule has 5 heteroatoms. The second-order valence-electron chi connectivity index (χ2n) is 6.91. The van der Waals surface area contributed by atoms with E-state index < -0.39 is 0 Å². The highest BCUT2D eigenvalue weighted by Crippen LogP contribution is 2.45. The van der Waals surface area contributed by atoms with Gasteiger partial charge in [-0.1, -0.05) is 40.2 Å². The molecule has 1 heterocycles. The molecule has 0 aromatic heterocycles. The molecule has 0 saturated heterocycles. The molecule has 1 aromatic carbocycles. The van der Waals surface area contributed by atoms with Gasteiger partial charge in [0.25, 0.3) is 0 Å². The van der Waals surface area contributed by atoms with E-state index in [0.717, 1.165) is 43.2 Å². The lowest BCUT2D eigenvalue weighted by Gasteiger charge is -2.14. The zero-order chi connectivity index (χ0) is 19.7. The van der Waals surface area contributed by atoms with Crippen molar-refractivity contribution in [1.29, 1.82) is 0 Å². The Morgan fingerprint density at radius 3 is 2.54 bits per heavy atom. The maximum absolute atomic E-state index is 12.2. The molecule has 1 atom stereocenters. The molecule has 3 nitrogen and oxygen atoms in total. The lowest BCUT2D eigenvalue weighted by molar-refractivity contribution is -0.112. The van der Waals surface area contributed by atoms with E-state index in [1.165, 1.54) is 5.57 Å². The number of fused-ring (bicyclic) bond motifs is 1. The third-order valence-electron chi connectivity index (χ3n) is 4.84. The van der Waals surface area contributed by atoms with Crippen LogP contribution in [-0.2, 0) is 4.79 Å². The van der Waals surface area contributed by atoms with E-state index in [4.69, 9.17) is 0 Å². The Labute approximate surface area is 177 Å². The van der Waals surface area contributed by atoms with Crippen LogP contribution in [0.2, 0.25) is 0 Å². The molecule has 3 aliphatic rings. The number of allylic oxidation sites excluding steroid dienone is 10.